The summed E-state index contributed by atoms with van der Waals surface area (Å²) >= 11 is 0. The molecule has 1 aliphatic carbocycles. The number of fused-ring (bicyclic) bond motifs is 2. The Morgan fingerprint density at radius 1 is 0.750 bits per heavy atom. The van der Waals surface area contributed by atoms with Crippen LogP contribution in [0.25, 0.3) is 33.4 Å². The Morgan fingerprint density at radius 2 is 1.40 bits per heavy atom. The van der Waals surface area contributed by atoms with Gasteiger partial charge in [0.1, 0.15) is 16.2 Å². The highest BCUT2D eigenvalue weighted by Crippen LogP contribution is 2.44. The first kappa shape index (κ1) is 36.0. The van der Waals surface area contributed by atoms with Crippen molar-refractivity contribution in [1.29, 1.82) is 0 Å². The molecule has 1 heterocycles. The predicted molar refractivity (Wildman–Crippen MR) is 202 cm³/mol. The molecule has 0 saturated carbocycles. The van der Waals surface area contributed by atoms with E-state index in [4.69, 9.17) is 4.42 Å². The highest BCUT2D eigenvalue weighted by Gasteiger charge is 2.27. The molecule has 4 aromatic carbocycles. The fraction of sp³-hybridized carbons (Fsp3) is 0.195. The molecule has 0 aromatic heterocycles. The van der Waals surface area contributed by atoms with Gasteiger partial charge in [0.2, 0.25) is 11.0 Å². The van der Waals surface area contributed by atoms with Crippen LogP contribution < -0.4 is 14.8 Å². The van der Waals surface area contributed by atoms with Gasteiger partial charge in [-0.05, 0) is 89.6 Å². The Hall–Kier alpha value is -5.78. The summed E-state index contributed by atoms with van der Waals surface area (Å²) in [6.45, 7) is 11.8. The second kappa shape index (κ2) is 13.7. The summed E-state index contributed by atoms with van der Waals surface area (Å²) in [4.78, 5) is 25.6. The van der Waals surface area contributed by atoms with Gasteiger partial charge < -0.3 is 19.5 Å². The standard InChI is InChI=1S/C41H38N2O8S/c1-23(2)42(34-19-27(40(44)45)13-11-25(34)5)29-15-17-31-36(21-29)51-37-22-30(43(24(3)4)35-20-28(41(46)47)14-12-26(35)6)16-18-32(37)39(31)33-9-7-8-10-38(33)52(48,49)50/h7-24H,1-6H3,(H2-,44,45,46,47,48,49,50)/p+1. The zero-order valence-corrected chi connectivity index (χ0v) is 30.4. The van der Waals surface area contributed by atoms with Crippen LogP contribution in [0.15, 0.2) is 106 Å². The first-order valence-electron chi connectivity index (χ1n) is 16.7. The van der Waals surface area contributed by atoms with E-state index in [1.54, 1.807) is 54.6 Å². The van der Waals surface area contributed by atoms with Crippen molar-refractivity contribution in [3.8, 4) is 22.5 Å². The van der Waals surface area contributed by atoms with Crippen molar-refractivity contribution in [2.75, 3.05) is 4.90 Å². The van der Waals surface area contributed by atoms with E-state index in [-0.39, 0.29) is 33.7 Å². The van der Waals surface area contributed by atoms with Crippen molar-refractivity contribution in [2.45, 2.75) is 58.5 Å². The third-order valence-corrected chi connectivity index (χ3v) is 10.1. The normalized spacial score (nSPS) is 12.5. The Kier molecular flexibility index (Phi) is 9.52. The third kappa shape index (κ3) is 6.68. The summed E-state index contributed by atoms with van der Waals surface area (Å²) < 4.78 is 44.4. The Balaban J connectivity index is 1.72. The topological polar surface area (TPSA) is 148 Å². The molecule has 0 amide bonds. The lowest BCUT2D eigenvalue weighted by Gasteiger charge is -2.31. The van der Waals surface area contributed by atoms with Crippen LogP contribution in [-0.2, 0) is 10.1 Å². The molecule has 0 unspecified atom stereocenters. The van der Waals surface area contributed by atoms with Gasteiger partial charge >= 0.3 is 11.9 Å². The summed E-state index contributed by atoms with van der Waals surface area (Å²) in [6.07, 6.45) is 0. The summed E-state index contributed by atoms with van der Waals surface area (Å²) in [5.74, 6) is -1.66. The smallest absolute Gasteiger partial charge is 0.335 e. The lowest BCUT2D eigenvalue weighted by molar-refractivity contribution is 0.0686. The first-order valence-corrected chi connectivity index (χ1v) is 18.2. The molecule has 0 fully saturated rings. The number of anilines is 2. The predicted octanol–water partition coefficient (Wildman–Crippen LogP) is 8.52. The molecule has 2 aliphatic rings. The van der Waals surface area contributed by atoms with Gasteiger partial charge in [-0.1, -0.05) is 30.3 Å². The molecule has 0 saturated heterocycles. The van der Waals surface area contributed by atoms with Crippen molar-refractivity contribution < 1.29 is 37.2 Å². The SMILES string of the molecule is Cc1ccc(C(=O)O)cc1N(c1ccc2c(-c3ccccc3S(=O)(=O)O)c3ccc(=[N+](c4cc(C(=O)O)ccc4C)C(C)C)cc-3oc2c1)C(C)C. The van der Waals surface area contributed by atoms with Gasteiger partial charge in [-0.15, -0.1) is 0 Å². The van der Waals surface area contributed by atoms with Gasteiger partial charge in [-0.3, -0.25) is 4.55 Å². The molecular weight excluding hydrogens is 681 g/mol. The van der Waals surface area contributed by atoms with Gasteiger partial charge in [0.25, 0.3) is 10.1 Å². The van der Waals surface area contributed by atoms with Crippen molar-refractivity contribution in [2.24, 2.45) is 0 Å². The molecular formula is C41H39N2O8S+. The third-order valence-electron chi connectivity index (χ3n) is 9.14. The number of aromatic carboxylic acids is 2. The number of carbonyl (C=O) groups is 2. The van der Waals surface area contributed by atoms with Crippen LogP contribution in [-0.4, -0.2) is 47.2 Å². The van der Waals surface area contributed by atoms with Gasteiger partial charge in [0.05, 0.1) is 17.2 Å². The van der Waals surface area contributed by atoms with Crippen LogP contribution in [0.3, 0.4) is 0 Å². The first-order chi connectivity index (χ1) is 24.6. The number of hydrogen-bond acceptors (Lipinski definition) is 6. The molecule has 3 N–H and O–H groups in total. The fourth-order valence-electron chi connectivity index (χ4n) is 6.79. The molecule has 1 aliphatic heterocycles. The average Bonchev–Trinajstić information content (AvgIpc) is 3.08. The van der Waals surface area contributed by atoms with Crippen molar-refractivity contribution in [3.05, 3.63) is 125 Å². The van der Waals surface area contributed by atoms with Gasteiger partial charge in [0.15, 0.2) is 6.04 Å². The van der Waals surface area contributed by atoms with Crippen LogP contribution in [0.1, 0.15) is 59.5 Å². The van der Waals surface area contributed by atoms with Crippen LogP contribution in [0, 0.1) is 13.8 Å². The lowest BCUT2D eigenvalue weighted by atomic mass is 9.93. The van der Waals surface area contributed by atoms with E-state index in [9.17, 15) is 32.8 Å². The molecule has 6 rings (SSSR count). The number of carboxylic acids is 2. The summed E-state index contributed by atoms with van der Waals surface area (Å²) in [5, 5.41) is 20.8. The number of nitrogens with zero attached hydrogens (tertiary/aromatic N) is 2. The van der Waals surface area contributed by atoms with Crippen LogP contribution >= 0.6 is 0 Å². The Morgan fingerprint density at radius 3 is 2.04 bits per heavy atom. The molecule has 266 valence electrons. The largest absolute Gasteiger partial charge is 0.478 e. The molecule has 0 spiro atoms. The van der Waals surface area contributed by atoms with Crippen molar-refractivity contribution in [1.82, 2.24) is 4.58 Å². The number of carboxylic acid groups (broad SMARTS) is 2. The summed E-state index contributed by atoms with van der Waals surface area (Å²) in [5.41, 5.74) is 6.00. The second-order valence-corrected chi connectivity index (χ2v) is 14.7. The van der Waals surface area contributed by atoms with Crippen LogP contribution in [0.5, 0.6) is 0 Å². The van der Waals surface area contributed by atoms with E-state index in [0.29, 0.717) is 50.3 Å². The number of benzene rings is 5. The molecule has 4 aromatic rings. The van der Waals surface area contributed by atoms with Crippen LogP contribution in [0.2, 0.25) is 0 Å². The quantitative estimate of drug-likeness (QED) is 0.0760. The fourth-order valence-corrected chi connectivity index (χ4v) is 7.49. The summed E-state index contributed by atoms with van der Waals surface area (Å²) in [7, 11) is -4.63. The highest BCUT2D eigenvalue weighted by molar-refractivity contribution is 7.86. The highest BCUT2D eigenvalue weighted by atomic mass is 32.2. The Labute approximate surface area is 301 Å². The lowest BCUT2D eigenvalue weighted by Crippen LogP contribution is -2.32. The van der Waals surface area contributed by atoms with Crippen molar-refractivity contribution >= 4 is 50.1 Å². The monoisotopic (exact) mass is 719 g/mol. The maximum Gasteiger partial charge on any atom is 0.335 e. The molecule has 11 heteroatoms. The number of aryl methyl sites for hydroxylation is 2. The average molecular weight is 720 g/mol. The number of rotatable bonds is 9. The zero-order chi connectivity index (χ0) is 37.6. The second-order valence-electron chi connectivity index (χ2n) is 13.3. The maximum atomic E-state index is 12.7. The molecule has 0 atom stereocenters. The molecule has 10 nitrogen and oxygen atoms in total. The minimum Gasteiger partial charge on any atom is -0.478 e. The van der Waals surface area contributed by atoms with E-state index in [1.807, 2.05) is 87.4 Å². The molecule has 0 radical (unpaired) electrons. The van der Waals surface area contributed by atoms with Crippen LogP contribution in [0.4, 0.5) is 17.1 Å². The van der Waals surface area contributed by atoms with Gasteiger partial charge in [-0.2, -0.15) is 13.0 Å². The van der Waals surface area contributed by atoms with E-state index < -0.39 is 22.1 Å². The van der Waals surface area contributed by atoms with Gasteiger partial charge in [0, 0.05) is 63.3 Å². The van der Waals surface area contributed by atoms with E-state index >= 15 is 0 Å². The van der Waals surface area contributed by atoms with E-state index in [1.165, 1.54) is 6.07 Å². The minimum atomic E-state index is -4.63. The van der Waals surface area contributed by atoms with E-state index in [2.05, 4.69) is 0 Å². The van der Waals surface area contributed by atoms with E-state index in [0.717, 1.165) is 11.1 Å². The molecule has 0 bridgehead atoms. The molecule has 52 heavy (non-hydrogen) atoms. The zero-order valence-electron chi connectivity index (χ0n) is 29.6. The maximum absolute atomic E-state index is 12.7. The van der Waals surface area contributed by atoms with Gasteiger partial charge in [-0.25, -0.2) is 9.59 Å². The van der Waals surface area contributed by atoms with Crippen molar-refractivity contribution in [3.63, 3.8) is 0 Å². The summed E-state index contributed by atoms with van der Waals surface area (Å²) in [6, 6.07) is 27.1. The number of hydrogen-bond donors (Lipinski definition) is 3. The minimum absolute atomic E-state index is 0.101. The Bertz CT molecular complexity index is 2550.